The van der Waals surface area contributed by atoms with Gasteiger partial charge in [-0.15, -0.1) is 10.2 Å². The maximum Gasteiger partial charge on any atom is 0.406 e. The molecule has 0 N–H and O–H groups in total. The number of hydrogen-bond acceptors (Lipinski definition) is 6. The summed E-state index contributed by atoms with van der Waals surface area (Å²) in [4.78, 5) is 14.5. The van der Waals surface area contributed by atoms with Crippen LogP contribution < -0.4 is 0 Å². The van der Waals surface area contributed by atoms with Crippen molar-refractivity contribution in [3.8, 4) is 11.4 Å². The van der Waals surface area contributed by atoms with E-state index in [0.717, 1.165) is 16.3 Å². The lowest BCUT2D eigenvalue weighted by Gasteiger charge is -2.12. The molecule has 11 heteroatoms. The molecule has 0 saturated heterocycles. The van der Waals surface area contributed by atoms with Gasteiger partial charge < -0.3 is 0 Å². The van der Waals surface area contributed by atoms with Gasteiger partial charge in [0.25, 0.3) is 5.69 Å². The van der Waals surface area contributed by atoms with Gasteiger partial charge in [0, 0.05) is 24.0 Å². The number of nitrogens with zero attached hydrogens (tertiary/aromatic N) is 5. The summed E-state index contributed by atoms with van der Waals surface area (Å²) in [7, 11) is 0. The van der Waals surface area contributed by atoms with Crippen LogP contribution in [0.5, 0.6) is 0 Å². The molecule has 3 aromatic rings. The molecule has 0 aliphatic carbocycles. The van der Waals surface area contributed by atoms with E-state index in [0.29, 0.717) is 5.56 Å². The molecular formula is C15H10F3N5O2S. The van der Waals surface area contributed by atoms with Crippen LogP contribution >= 0.6 is 11.8 Å². The minimum absolute atomic E-state index is 0.00538. The molecular weight excluding hydrogens is 371 g/mol. The molecule has 134 valence electrons. The van der Waals surface area contributed by atoms with Crippen LogP contribution in [0.2, 0.25) is 0 Å². The Morgan fingerprint density at radius 2 is 1.81 bits per heavy atom. The lowest BCUT2D eigenvalue weighted by atomic mass is 10.2. The number of halogens is 3. The molecule has 1 aromatic carbocycles. The Kier molecular flexibility index (Phi) is 4.89. The van der Waals surface area contributed by atoms with E-state index in [9.17, 15) is 23.3 Å². The fourth-order valence-electron chi connectivity index (χ4n) is 2.19. The van der Waals surface area contributed by atoms with Gasteiger partial charge in [-0.05, 0) is 30.0 Å². The molecule has 2 aromatic heterocycles. The zero-order valence-corrected chi connectivity index (χ0v) is 13.7. The van der Waals surface area contributed by atoms with Crippen molar-refractivity contribution in [2.45, 2.75) is 22.8 Å². The number of alkyl halides is 3. The zero-order valence-electron chi connectivity index (χ0n) is 12.9. The first-order valence-electron chi connectivity index (χ1n) is 7.17. The van der Waals surface area contributed by atoms with Crippen LogP contribution in [0.25, 0.3) is 11.4 Å². The van der Waals surface area contributed by atoms with Gasteiger partial charge in [0.05, 0.1) is 9.82 Å². The van der Waals surface area contributed by atoms with Crippen LogP contribution in [-0.4, -0.2) is 30.8 Å². The Balaban J connectivity index is 2.05. The van der Waals surface area contributed by atoms with Crippen molar-refractivity contribution in [1.82, 2.24) is 19.7 Å². The maximum absolute atomic E-state index is 13.0. The first-order chi connectivity index (χ1) is 12.3. The van der Waals surface area contributed by atoms with E-state index in [4.69, 9.17) is 0 Å². The quantitative estimate of drug-likeness (QED) is 0.491. The maximum atomic E-state index is 13.0. The summed E-state index contributed by atoms with van der Waals surface area (Å²) in [5, 5.41) is 18.7. The largest absolute Gasteiger partial charge is 0.406 e. The molecule has 26 heavy (non-hydrogen) atoms. The standard InChI is InChI=1S/C15H10F3N5O2S/c16-15(17,18)9-22-13(10-5-7-19-8-6-10)20-21-14(22)26-12-4-2-1-3-11(12)23(24)25/h1-8H,9H2. The Morgan fingerprint density at radius 3 is 2.46 bits per heavy atom. The number of nitro groups is 1. The van der Waals surface area contributed by atoms with Crippen LogP contribution in [0, 0.1) is 10.1 Å². The molecule has 0 fully saturated rings. The Morgan fingerprint density at radius 1 is 1.12 bits per heavy atom. The Hall–Kier alpha value is -2.95. The van der Waals surface area contributed by atoms with Crippen LogP contribution in [0.15, 0.2) is 58.8 Å². The van der Waals surface area contributed by atoms with Gasteiger partial charge in [0.1, 0.15) is 6.54 Å². The lowest BCUT2D eigenvalue weighted by Crippen LogP contribution is -2.19. The van der Waals surface area contributed by atoms with E-state index in [1.54, 1.807) is 6.07 Å². The second kappa shape index (κ2) is 7.12. The van der Waals surface area contributed by atoms with Gasteiger partial charge >= 0.3 is 6.18 Å². The smallest absolute Gasteiger partial charge is 0.293 e. The third-order valence-corrected chi connectivity index (χ3v) is 4.31. The summed E-state index contributed by atoms with van der Waals surface area (Å²) in [5.41, 5.74) is 0.190. The van der Waals surface area contributed by atoms with Crippen LogP contribution in [0.3, 0.4) is 0 Å². The molecule has 0 saturated carbocycles. The number of para-hydroxylation sites is 1. The molecule has 0 spiro atoms. The van der Waals surface area contributed by atoms with Crippen molar-refractivity contribution in [2.75, 3.05) is 0 Å². The van der Waals surface area contributed by atoms with Crippen molar-refractivity contribution in [3.63, 3.8) is 0 Å². The third kappa shape index (κ3) is 3.99. The average molecular weight is 381 g/mol. The van der Waals surface area contributed by atoms with Crippen LogP contribution in [0.4, 0.5) is 18.9 Å². The van der Waals surface area contributed by atoms with Crippen molar-refractivity contribution in [3.05, 3.63) is 58.9 Å². The highest BCUT2D eigenvalue weighted by Gasteiger charge is 2.32. The molecule has 0 aliphatic rings. The SMILES string of the molecule is O=[N+]([O-])c1ccccc1Sc1nnc(-c2ccncc2)n1CC(F)(F)F. The van der Waals surface area contributed by atoms with Gasteiger partial charge in [-0.2, -0.15) is 13.2 Å². The normalized spacial score (nSPS) is 11.5. The fourth-order valence-corrected chi connectivity index (χ4v) is 3.13. The molecule has 7 nitrogen and oxygen atoms in total. The van der Waals surface area contributed by atoms with E-state index in [-0.39, 0.29) is 21.6 Å². The minimum atomic E-state index is -4.51. The molecule has 0 atom stereocenters. The number of rotatable bonds is 5. The first kappa shape index (κ1) is 17.9. The minimum Gasteiger partial charge on any atom is -0.293 e. The van der Waals surface area contributed by atoms with Crippen molar-refractivity contribution in [1.29, 1.82) is 0 Å². The van der Waals surface area contributed by atoms with Crippen molar-refractivity contribution < 1.29 is 18.1 Å². The topological polar surface area (TPSA) is 86.7 Å². The molecule has 0 bridgehead atoms. The summed E-state index contributed by atoms with van der Waals surface area (Å²) in [5.74, 6) is 0.00538. The van der Waals surface area contributed by atoms with Crippen LogP contribution in [0.1, 0.15) is 0 Å². The molecule has 0 aliphatic heterocycles. The zero-order chi connectivity index (χ0) is 18.7. The van der Waals surface area contributed by atoms with Gasteiger partial charge in [0.15, 0.2) is 11.0 Å². The summed E-state index contributed by atoms with van der Waals surface area (Å²) in [6.07, 6.45) is -1.66. The van der Waals surface area contributed by atoms with E-state index < -0.39 is 17.6 Å². The average Bonchev–Trinajstić information content (AvgIpc) is 2.96. The second-order valence-electron chi connectivity index (χ2n) is 5.07. The number of pyridine rings is 1. The van der Waals surface area contributed by atoms with E-state index in [1.807, 2.05) is 0 Å². The van der Waals surface area contributed by atoms with Gasteiger partial charge in [-0.25, -0.2) is 0 Å². The third-order valence-electron chi connectivity index (χ3n) is 3.26. The number of nitro benzene ring substituents is 1. The summed E-state index contributed by atoms with van der Waals surface area (Å²) >= 11 is 0.757. The number of hydrogen-bond donors (Lipinski definition) is 0. The molecule has 0 unspecified atom stereocenters. The van der Waals surface area contributed by atoms with E-state index in [2.05, 4.69) is 15.2 Å². The van der Waals surface area contributed by atoms with Gasteiger partial charge in [0.2, 0.25) is 0 Å². The predicted molar refractivity (Wildman–Crippen MR) is 86.5 cm³/mol. The van der Waals surface area contributed by atoms with Gasteiger partial charge in [-0.1, -0.05) is 12.1 Å². The van der Waals surface area contributed by atoms with Crippen molar-refractivity contribution >= 4 is 17.4 Å². The summed E-state index contributed by atoms with van der Waals surface area (Å²) < 4.78 is 40.0. The number of benzene rings is 1. The highest BCUT2D eigenvalue weighted by molar-refractivity contribution is 7.99. The monoisotopic (exact) mass is 381 g/mol. The van der Waals surface area contributed by atoms with E-state index >= 15 is 0 Å². The lowest BCUT2D eigenvalue weighted by molar-refractivity contribution is -0.387. The van der Waals surface area contributed by atoms with Crippen LogP contribution in [-0.2, 0) is 6.54 Å². The summed E-state index contributed by atoms with van der Waals surface area (Å²) in [6.45, 7) is -1.32. The number of aromatic nitrogens is 4. The molecule has 0 amide bonds. The molecule has 0 radical (unpaired) electrons. The van der Waals surface area contributed by atoms with Gasteiger partial charge in [-0.3, -0.25) is 19.7 Å². The highest BCUT2D eigenvalue weighted by Crippen LogP contribution is 2.36. The first-order valence-corrected chi connectivity index (χ1v) is 7.98. The predicted octanol–water partition coefficient (Wildman–Crippen LogP) is 3.96. The summed E-state index contributed by atoms with van der Waals surface area (Å²) in [6, 6.07) is 8.78. The Labute approximate surface area is 149 Å². The van der Waals surface area contributed by atoms with E-state index in [1.165, 1.54) is 42.7 Å². The highest BCUT2D eigenvalue weighted by atomic mass is 32.2. The Bertz CT molecular complexity index is 931. The molecule has 3 rings (SSSR count). The molecule has 2 heterocycles. The fraction of sp³-hybridized carbons (Fsp3) is 0.133. The van der Waals surface area contributed by atoms with Crippen molar-refractivity contribution in [2.24, 2.45) is 0 Å². The second-order valence-corrected chi connectivity index (χ2v) is 6.08.